The molecule has 0 fully saturated rings. The highest BCUT2D eigenvalue weighted by molar-refractivity contribution is 9.10. The van der Waals surface area contributed by atoms with Crippen molar-refractivity contribution >= 4 is 42.8 Å². The summed E-state index contributed by atoms with van der Waals surface area (Å²) < 4.78 is 2.23. The van der Waals surface area contributed by atoms with E-state index in [9.17, 15) is 0 Å². The van der Waals surface area contributed by atoms with Crippen LogP contribution in [0.25, 0.3) is 10.9 Å². The monoisotopic (exact) mass is 453 g/mol. The number of halogens is 2. The molecule has 3 aromatic carbocycles. The highest BCUT2D eigenvalue weighted by Crippen LogP contribution is 2.27. The molecule has 3 heteroatoms. The van der Waals surface area contributed by atoms with Crippen molar-refractivity contribution in [2.75, 3.05) is 0 Å². The Balaban J connectivity index is 1.74. The minimum absolute atomic E-state index is 0.911. The second kappa shape index (κ2) is 7.19. The van der Waals surface area contributed by atoms with Crippen LogP contribution in [0.5, 0.6) is 0 Å². The van der Waals surface area contributed by atoms with E-state index in [1.54, 1.807) is 0 Å². The zero-order valence-corrected chi connectivity index (χ0v) is 16.8. The van der Waals surface area contributed by atoms with Crippen LogP contribution in [0.2, 0.25) is 0 Å². The maximum atomic E-state index is 3.64. The van der Waals surface area contributed by atoms with Crippen LogP contribution in [-0.2, 0) is 12.8 Å². The fourth-order valence-electron chi connectivity index (χ4n) is 3.22. The summed E-state index contributed by atoms with van der Waals surface area (Å²) in [5.74, 6) is 0. The van der Waals surface area contributed by atoms with Gasteiger partial charge in [-0.05, 0) is 53.4 Å². The molecule has 4 aromatic rings. The summed E-state index contributed by atoms with van der Waals surface area (Å²) in [5.41, 5.74) is 6.53. The van der Waals surface area contributed by atoms with Gasteiger partial charge in [0.2, 0.25) is 0 Å². The lowest BCUT2D eigenvalue weighted by atomic mass is 9.99. The van der Waals surface area contributed by atoms with Crippen molar-refractivity contribution in [2.45, 2.75) is 12.8 Å². The average molecular weight is 455 g/mol. The summed E-state index contributed by atoms with van der Waals surface area (Å²) in [6, 6.07) is 25.7. The summed E-state index contributed by atoms with van der Waals surface area (Å²) in [6.45, 7) is 0. The molecule has 1 aromatic heterocycles. The summed E-state index contributed by atoms with van der Waals surface area (Å²) in [7, 11) is 0. The predicted octanol–water partition coefficient (Wildman–Crippen LogP) is 6.87. The fraction of sp³-hybridized carbons (Fsp3) is 0.0909. The summed E-state index contributed by atoms with van der Waals surface area (Å²) in [5, 5.41) is 1.32. The number of benzene rings is 3. The first kappa shape index (κ1) is 16.6. The molecule has 1 N–H and O–H groups in total. The first-order chi connectivity index (χ1) is 12.2. The van der Waals surface area contributed by atoms with E-state index in [-0.39, 0.29) is 0 Å². The van der Waals surface area contributed by atoms with Crippen molar-refractivity contribution in [1.29, 1.82) is 0 Å². The number of hydrogen-bond donors (Lipinski definition) is 1. The van der Waals surface area contributed by atoms with Gasteiger partial charge in [-0.2, -0.15) is 0 Å². The van der Waals surface area contributed by atoms with E-state index in [4.69, 9.17) is 0 Å². The molecule has 0 radical (unpaired) electrons. The number of hydrogen-bond acceptors (Lipinski definition) is 0. The quantitative estimate of drug-likeness (QED) is 0.346. The zero-order chi connectivity index (χ0) is 17.2. The third-order valence-electron chi connectivity index (χ3n) is 4.49. The summed E-state index contributed by atoms with van der Waals surface area (Å²) >= 11 is 7.03. The van der Waals surface area contributed by atoms with Crippen LogP contribution in [0.15, 0.2) is 81.7 Å². The third kappa shape index (κ3) is 3.73. The number of fused-ring (bicyclic) bond motifs is 1. The first-order valence-electron chi connectivity index (χ1n) is 8.26. The van der Waals surface area contributed by atoms with Crippen LogP contribution in [0.4, 0.5) is 0 Å². The van der Waals surface area contributed by atoms with Crippen LogP contribution in [0.3, 0.4) is 0 Å². The Bertz CT molecular complexity index is 999. The van der Waals surface area contributed by atoms with Crippen LogP contribution in [0, 0.1) is 0 Å². The van der Waals surface area contributed by atoms with Gasteiger partial charge >= 0.3 is 0 Å². The molecule has 0 aliphatic carbocycles. The predicted molar refractivity (Wildman–Crippen MR) is 112 cm³/mol. The molecular formula is C22H17Br2N. The standard InChI is InChI=1S/C22H17Br2N/c23-17-9-5-15(6-10-17)13-20-19-3-1-2-4-21(19)25-22(20)14-16-7-11-18(24)12-8-16/h1-12,25H,13-14H2. The van der Waals surface area contributed by atoms with Crippen molar-refractivity contribution in [3.05, 3.63) is 104 Å². The Morgan fingerprint density at radius 1 is 0.640 bits per heavy atom. The molecule has 0 bridgehead atoms. The van der Waals surface area contributed by atoms with E-state index in [1.165, 1.54) is 33.3 Å². The minimum atomic E-state index is 0.911. The number of nitrogens with one attached hydrogen (secondary N) is 1. The molecule has 1 nitrogen and oxygen atoms in total. The van der Waals surface area contributed by atoms with Gasteiger partial charge in [-0.15, -0.1) is 0 Å². The van der Waals surface area contributed by atoms with Crippen LogP contribution < -0.4 is 0 Å². The van der Waals surface area contributed by atoms with Gasteiger partial charge in [-0.3, -0.25) is 0 Å². The minimum Gasteiger partial charge on any atom is -0.358 e. The Labute approximate surface area is 164 Å². The maximum absolute atomic E-state index is 3.64. The van der Waals surface area contributed by atoms with Gasteiger partial charge < -0.3 is 4.98 Å². The SMILES string of the molecule is Brc1ccc(Cc2[nH]c3ccccc3c2Cc2ccc(Br)cc2)cc1. The highest BCUT2D eigenvalue weighted by atomic mass is 79.9. The molecule has 4 rings (SSSR count). The largest absolute Gasteiger partial charge is 0.358 e. The van der Waals surface area contributed by atoms with Gasteiger partial charge in [-0.25, -0.2) is 0 Å². The molecule has 0 saturated heterocycles. The van der Waals surface area contributed by atoms with Gasteiger partial charge in [0.1, 0.15) is 0 Å². The summed E-state index contributed by atoms with van der Waals surface area (Å²) in [4.78, 5) is 3.64. The Hall–Kier alpha value is -1.84. The lowest BCUT2D eigenvalue weighted by Gasteiger charge is -2.07. The Morgan fingerprint density at radius 3 is 1.84 bits per heavy atom. The Morgan fingerprint density at radius 2 is 1.20 bits per heavy atom. The van der Waals surface area contributed by atoms with E-state index in [1.807, 2.05) is 0 Å². The topological polar surface area (TPSA) is 15.8 Å². The van der Waals surface area contributed by atoms with Gasteiger partial charge in [0.25, 0.3) is 0 Å². The number of aromatic nitrogens is 1. The smallest absolute Gasteiger partial charge is 0.0459 e. The van der Waals surface area contributed by atoms with Crippen LogP contribution >= 0.6 is 31.9 Å². The van der Waals surface area contributed by atoms with Gasteiger partial charge in [-0.1, -0.05) is 74.3 Å². The molecular weight excluding hydrogens is 438 g/mol. The first-order valence-corrected chi connectivity index (χ1v) is 9.85. The van der Waals surface area contributed by atoms with E-state index >= 15 is 0 Å². The molecule has 0 spiro atoms. The average Bonchev–Trinajstić information content (AvgIpc) is 2.96. The van der Waals surface area contributed by atoms with Gasteiger partial charge in [0, 0.05) is 32.0 Å². The number of H-pyrrole nitrogens is 1. The fourth-order valence-corrected chi connectivity index (χ4v) is 3.75. The zero-order valence-electron chi connectivity index (χ0n) is 13.6. The number of aromatic amines is 1. The third-order valence-corrected chi connectivity index (χ3v) is 5.55. The normalized spacial score (nSPS) is 11.1. The lowest BCUT2D eigenvalue weighted by Crippen LogP contribution is -1.96. The van der Waals surface area contributed by atoms with Crippen molar-refractivity contribution in [3.8, 4) is 0 Å². The van der Waals surface area contributed by atoms with E-state index in [2.05, 4.69) is 110 Å². The maximum Gasteiger partial charge on any atom is 0.0459 e. The van der Waals surface area contributed by atoms with E-state index in [0.29, 0.717) is 0 Å². The molecule has 1 heterocycles. The lowest BCUT2D eigenvalue weighted by molar-refractivity contribution is 1.06. The van der Waals surface area contributed by atoms with Gasteiger partial charge in [0.05, 0.1) is 0 Å². The molecule has 0 amide bonds. The molecule has 124 valence electrons. The van der Waals surface area contributed by atoms with Crippen molar-refractivity contribution < 1.29 is 0 Å². The number of rotatable bonds is 4. The van der Waals surface area contributed by atoms with E-state index in [0.717, 1.165) is 21.8 Å². The molecule has 0 aliphatic rings. The van der Waals surface area contributed by atoms with E-state index < -0.39 is 0 Å². The Kier molecular flexibility index (Phi) is 4.78. The highest BCUT2D eigenvalue weighted by Gasteiger charge is 2.12. The number of para-hydroxylation sites is 1. The van der Waals surface area contributed by atoms with Crippen LogP contribution in [0.1, 0.15) is 22.4 Å². The molecule has 0 atom stereocenters. The second-order valence-corrected chi connectivity index (χ2v) is 8.07. The molecule has 0 saturated carbocycles. The molecule has 25 heavy (non-hydrogen) atoms. The van der Waals surface area contributed by atoms with Crippen molar-refractivity contribution in [2.24, 2.45) is 0 Å². The van der Waals surface area contributed by atoms with Crippen LogP contribution in [-0.4, -0.2) is 4.98 Å². The molecule has 0 unspecified atom stereocenters. The second-order valence-electron chi connectivity index (χ2n) is 6.23. The summed E-state index contributed by atoms with van der Waals surface area (Å²) in [6.07, 6.45) is 1.84. The van der Waals surface area contributed by atoms with Crippen molar-refractivity contribution in [3.63, 3.8) is 0 Å². The van der Waals surface area contributed by atoms with Gasteiger partial charge in [0.15, 0.2) is 0 Å². The molecule has 0 aliphatic heterocycles. The van der Waals surface area contributed by atoms with Crippen molar-refractivity contribution in [1.82, 2.24) is 4.98 Å².